The molecule has 0 aromatic carbocycles. The Hall–Kier alpha value is -0.0426. The predicted octanol–water partition coefficient (Wildman–Crippen LogP) is -0.166. The average Bonchev–Trinajstić information content (AvgIpc) is 1.63. The molecule has 0 rings (SSSR count). The van der Waals surface area contributed by atoms with Crippen LogP contribution in [0.1, 0.15) is 6.42 Å². The van der Waals surface area contributed by atoms with Crippen molar-refractivity contribution in [1.29, 1.82) is 5.26 Å². The van der Waals surface area contributed by atoms with Crippen LogP contribution >= 0.6 is 0 Å². The molecule has 0 aliphatic heterocycles. The minimum absolute atomic E-state index is 0.694. The molecule has 0 aromatic rings. The Labute approximate surface area is 68.8 Å². The van der Waals surface area contributed by atoms with Crippen LogP contribution in [0.4, 0.5) is 0 Å². The second-order valence-electron chi connectivity index (χ2n) is 1.36. The van der Waals surface area contributed by atoms with Crippen LogP contribution in [-0.4, -0.2) is 35.2 Å². The van der Waals surface area contributed by atoms with E-state index in [1.807, 2.05) is 23.8 Å². The number of rotatable bonds is 1. The zero-order valence-electron chi connectivity index (χ0n) is 5.48. The molecule has 0 unspecified atom stereocenters. The van der Waals surface area contributed by atoms with Gasteiger partial charge in [0.2, 0.25) is 0 Å². The van der Waals surface area contributed by atoms with Crippen LogP contribution in [0.15, 0.2) is 0 Å². The molecular formula is C3H6LiNO4S. The molecular weight excluding hydrogens is 153 g/mol. The van der Waals surface area contributed by atoms with Gasteiger partial charge in [-0.2, -0.15) is 8.42 Å². The molecule has 0 aliphatic rings. The molecule has 0 saturated heterocycles. The third kappa shape index (κ3) is 101. The van der Waals surface area contributed by atoms with Crippen molar-refractivity contribution in [2.45, 2.75) is 11.5 Å². The van der Waals surface area contributed by atoms with Gasteiger partial charge in [0.05, 0.1) is 0 Å². The van der Waals surface area contributed by atoms with Gasteiger partial charge in [0.25, 0.3) is 0 Å². The first-order valence-electron chi connectivity index (χ1n) is 2.48. The van der Waals surface area contributed by atoms with Crippen molar-refractivity contribution < 1.29 is 17.5 Å². The van der Waals surface area contributed by atoms with Gasteiger partial charge < -0.3 is 0 Å². The average molecular weight is 159 g/mol. The van der Waals surface area contributed by atoms with Crippen molar-refractivity contribution in [1.82, 2.24) is 0 Å². The molecule has 0 aromatic heterocycles. The Balaban J connectivity index is 0. The molecule has 0 radical (unpaired) electrons. The summed E-state index contributed by atoms with van der Waals surface area (Å²) in [4.78, 5) is 0. The fourth-order valence-electron chi connectivity index (χ4n) is 0.112. The summed E-state index contributed by atoms with van der Waals surface area (Å²) >= 11 is 1.99. The Morgan fingerprint density at radius 1 is 1.50 bits per heavy atom. The molecule has 0 heterocycles. The van der Waals surface area contributed by atoms with Gasteiger partial charge in [0.1, 0.15) is 0 Å². The van der Waals surface area contributed by atoms with Crippen LogP contribution < -0.4 is 0 Å². The fourth-order valence-corrected chi connectivity index (χ4v) is 0.112. The van der Waals surface area contributed by atoms with E-state index in [4.69, 9.17) is 22.8 Å². The summed E-state index contributed by atoms with van der Waals surface area (Å²) in [5, 5.41) is 8.80. The zero-order valence-corrected chi connectivity index (χ0v) is 6.30. The molecule has 0 aliphatic carbocycles. The summed E-state index contributed by atoms with van der Waals surface area (Å²) in [5.41, 5.74) is 0. The summed E-state index contributed by atoms with van der Waals surface area (Å²) in [6, 6.07) is 2.02. The van der Waals surface area contributed by atoms with Gasteiger partial charge >= 0.3 is 51.0 Å². The monoisotopic (exact) mass is 159 g/mol. The van der Waals surface area contributed by atoms with Crippen LogP contribution in [0, 0.1) is 11.3 Å². The van der Waals surface area contributed by atoms with E-state index in [2.05, 4.69) is 0 Å². The van der Waals surface area contributed by atoms with E-state index < -0.39 is 10.4 Å². The maximum atomic E-state index is 8.74. The van der Waals surface area contributed by atoms with E-state index in [0.717, 1.165) is 5.09 Å². The predicted molar refractivity (Wildman–Crippen MR) is 35.0 cm³/mol. The Morgan fingerprint density at radius 3 is 1.80 bits per heavy atom. The molecule has 0 bridgehead atoms. The molecule has 7 heteroatoms. The third-order valence-corrected chi connectivity index (χ3v) is 0.362. The Bertz CT molecular complexity index is 185. The van der Waals surface area contributed by atoms with Gasteiger partial charge in [-0.15, -0.1) is 0 Å². The number of hydrogen-bond acceptors (Lipinski definition) is 3. The van der Waals surface area contributed by atoms with Gasteiger partial charge in [-0.3, -0.25) is 9.11 Å². The van der Waals surface area contributed by atoms with Gasteiger partial charge in [-0.05, 0) is 0 Å². The topological polar surface area (TPSA) is 98.4 Å². The number of nitriles is 1. The second kappa shape index (κ2) is 7.07. The summed E-state index contributed by atoms with van der Waals surface area (Å²) < 4.78 is 31.6. The number of nitrogens with zero attached hydrogens (tertiary/aromatic N) is 1. The number of hydrogen-bond donors (Lipinski definition) is 2. The van der Waals surface area contributed by atoms with Crippen LogP contribution in [0.2, 0.25) is 5.09 Å². The van der Waals surface area contributed by atoms with Crippen molar-refractivity contribution in [2.75, 3.05) is 0 Å². The van der Waals surface area contributed by atoms with Crippen molar-refractivity contribution in [3.63, 3.8) is 0 Å². The van der Waals surface area contributed by atoms with Crippen molar-refractivity contribution in [3.8, 4) is 6.07 Å². The van der Waals surface area contributed by atoms with Gasteiger partial charge in [-0.1, -0.05) is 0 Å². The Morgan fingerprint density at radius 2 is 1.80 bits per heavy atom. The van der Waals surface area contributed by atoms with Crippen molar-refractivity contribution in [2.24, 2.45) is 0 Å². The fraction of sp³-hybridized carbons (Fsp3) is 0.667. The van der Waals surface area contributed by atoms with Crippen LogP contribution in [0.3, 0.4) is 0 Å². The third-order valence-electron chi connectivity index (χ3n) is 0.362. The van der Waals surface area contributed by atoms with Crippen LogP contribution in [0.5, 0.6) is 0 Å². The van der Waals surface area contributed by atoms with E-state index in [9.17, 15) is 0 Å². The van der Waals surface area contributed by atoms with Crippen molar-refractivity contribution in [3.05, 3.63) is 0 Å². The zero-order chi connectivity index (χ0) is 8.62. The van der Waals surface area contributed by atoms with E-state index in [1.54, 1.807) is 0 Å². The van der Waals surface area contributed by atoms with E-state index in [0.29, 0.717) is 6.42 Å². The summed E-state index contributed by atoms with van der Waals surface area (Å²) in [6.45, 7) is 0. The van der Waals surface area contributed by atoms with Crippen LogP contribution in [-0.2, 0) is 10.4 Å². The molecule has 2 N–H and O–H groups in total. The summed E-state index contributed by atoms with van der Waals surface area (Å²) in [5.74, 6) is 0. The molecule has 5 nitrogen and oxygen atoms in total. The molecule has 0 saturated carbocycles. The molecule has 0 fully saturated rings. The maximum absolute atomic E-state index is 8.74. The first kappa shape index (κ1) is 12.6. The first-order chi connectivity index (χ1) is 4.41. The van der Waals surface area contributed by atoms with Crippen molar-refractivity contribution >= 4 is 28.1 Å². The van der Waals surface area contributed by atoms with E-state index in [-0.39, 0.29) is 0 Å². The van der Waals surface area contributed by atoms with E-state index in [1.165, 1.54) is 0 Å². The normalized spacial score (nSPS) is 9.10. The van der Waals surface area contributed by atoms with Gasteiger partial charge in [0.15, 0.2) is 0 Å². The second-order valence-corrected chi connectivity index (χ2v) is 2.25. The molecule has 54 valence electrons. The summed E-state index contributed by atoms with van der Waals surface area (Å²) in [6.07, 6.45) is 0.694. The quantitative estimate of drug-likeness (QED) is 0.409. The molecule has 10 heavy (non-hydrogen) atoms. The first-order valence-corrected chi connectivity index (χ1v) is 3.88. The minimum atomic E-state index is -4.67. The van der Waals surface area contributed by atoms with Crippen LogP contribution in [0.25, 0.3) is 0 Å². The van der Waals surface area contributed by atoms with Gasteiger partial charge in [0, 0.05) is 0 Å². The molecule has 0 spiro atoms. The van der Waals surface area contributed by atoms with E-state index >= 15 is 0 Å². The van der Waals surface area contributed by atoms with Gasteiger partial charge in [-0.25, -0.2) is 0 Å². The standard InChI is InChI=1S/C3H4N.Li.H2O4S/c1-2-3-4;;1-5(2,3)4/h1-2H2;;(H2,1,2,3,4). The summed E-state index contributed by atoms with van der Waals surface area (Å²) in [7, 11) is -4.67. The SMILES string of the molecule is O=S(=O)(O)O.[Li][CH2]CC#N. The molecule has 0 atom stereocenters. The molecule has 0 amide bonds. The Kier molecular flexibility index (Phi) is 8.92.